The second-order valence-corrected chi connectivity index (χ2v) is 5.58. The van der Waals surface area contributed by atoms with Crippen LogP contribution >= 0.6 is 12.4 Å². The van der Waals surface area contributed by atoms with E-state index in [-0.39, 0.29) is 17.8 Å². The average molecular weight is 287 g/mol. The standard InChI is InChI=1S/C15H26N2O.ClH/c1-15(2,13-18-3)12-17(10-9-16)11-14-7-5-4-6-8-14;/h4-8H,9-13,16H2,1-3H3;1H. The molecule has 1 aromatic carbocycles. The Morgan fingerprint density at radius 1 is 1.21 bits per heavy atom. The van der Waals surface area contributed by atoms with Gasteiger partial charge in [0.25, 0.3) is 0 Å². The van der Waals surface area contributed by atoms with Crippen LogP contribution < -0.4 is 5.73 Å². The van der Waals surface area contributed by atoms with Crippen LogP contribution in [0.1, 0.15) is 19.4 Å². The molecule has 1 aromatic rings. The summed E-state index contributed by atoms with van der Waals surface area (Å²) in [5.74, 6) is 0. The van der Waals surface area contributed by atoms with Gasteiger partial charge in [-0.3, -0.25) is 4.90 Å². The van der Waals surface area contributed by atoms with Gasteiger partial charge >= 0.3 is 0 Å². The van der Waals surface area contributed by atoms with Crippen molar-refractivity contribution in [2.45, 2.75) is 20.4 Å². The summed E-state index contributed by atoms with van der Waals surface area (Å²) >= 11 is 0. The number of nitrogens with zero attached hydrogens (tertiary/aromatic N) is 1. The van der Waals surface area contributed by atoms with E-state index in [1.54, 1.807) is 7.11 Å². The molecule has 0 fully saturated rings. The van der Waals surface area contributed by atoms with Crippen LogP contribution in [0.2, 0.25) is 0 Å². The molecular formula is C15H27ClN2O. The molecular weight excluding hydrogens is 260 g/mol. The SMILES string of the molecule is COCC(C)(C)CN(CCN)Cc1ccccc1.Cl. The van der Waals surface area contributed by atoms with Crippen molar-refractivity contribution in [3.8, 4) is 0 Å². The number of ether oxygens (including phenoxy) is 1. The molecule has 1 rings (SSSR count). The molecule has 0 radical (unpaired) electrons. The summed E-state index contributed by atoms with van der Waals surface area (Å²) in [4.78, 5) is 2.40. The summed E-state index contributed by atoms with van der Waals surface area (Å²) in [6, 6.07) is 10.5. The van der Waals surface area contributed by atoms with Crippen molar-refractivity contribution in [1.29, 1.82) is 0 Å². The summed E-state index contributed by atoms with van der Waals surface area (Å²) in [6.07, 6.45) is 0. The second kappa shape index (κ2) is 9.32. The van der Waals surface area contributed by atoms with Crippen LogP contribution in [0.5, 0.6) is 0 Å². The Balaban J connectivity index is 0.00000324. The first-order valence-electron chi connectivity index (χ1n) is 6.53. The maximum atomic E-state index is 5.70. The van der Waals surface area contributed by atoms with Crippen molar-refractivity contribution in [2.24, 2.45) is 11.1 Å². The van der Waals surface area contributed by atoms with Crippen molar-refractivity contribution in [3.05, 3.63) is 35.9 Å². The highest BCUT2D eigenvalue weighted by Gasteiger charge is 2.21. The van der Waals surface area contributed by atoms with E-state index in [4.69, 9.17) is 10.5 Å². The van der Waals surface area contributed by atoms with Crippen molar-refractivity contribution in [1.82, 2.24) is 4.90 Å². The minimum absolute atomic E-state index is 0. The van der Waals surface area contributed by atoms with Gasteiger partial charge in [-0.1, -0.05) is 44.2 Å². The lowest BCUT2D eigenvalue weighted by Gasteiger charge is -2.32. The van der Waals surface area contributed by atoms with Crippen LogP contribution in [-0.2, 0) is 11.3 Å². The van der Waals surface area contributed by atoms with Gasteiger partial charge in [-0.05, 0) is 5.56 Å². The van der Waals surface area contributed by atoms with E-state index in [0.29, 0.717) is 6.54 Å². The largest absolute Gasteiger partial charge is 0.384 e. The van der Waals surface area contributed by atoms with E-state index in [0.717, 1.165) is 26.2 Å². The molecule has 0 bridgehead atoms. The van der Waals surface area contributed by atoms with Crippen molar-refractivity contribution < 1.29 is 4.74 Å². The van der Waals surface area contributed by atoms with Crippen LogP contribution in [0.3, 0.4) is 0 Å². The van der Waals surface area contributed by atoms with Gasteiger partial charge < -0.3 is 10.5 Å². The van der Waals surface area contributed by atoms with E-state index >= 15 is 0 Å². The minimum atomic E-state index is 0. The average Bonchev–Trinajstić information content (AvgIpc) is 2.29. The quantitative estimate of drug-likeness (QED) is 0.798. The zero-order chi connectivity index (χ0) is 13.4. The summed E-state index contributed by atoms with van der Waals surface area (Å²) < 4.78 is 5.28. The lowest BCUT2D eigenvalue weighted by Crippen LogP contribution is -2.39. The van der Waals surface area contributed by atoms with Crippen LogP contribution in [0, 0.1) is 5.41 Å². The lowest BCUT2D eigenvalue weighted by atomic mass is 9.93. The number of hydrogen-bond acceptors (Lipinski definition) is 3. The number of halogens is 1. The van der Waals surface area contributed by atoms with Gasteiger partial charge in [-0.15, -0.1) is 12.4 Å². The zero-order valence-electron chi connectivity index (χ0n) is 12.3. The van der Waals surface area contributed by atoms with Crippen LogP contribution in [0.15, 0.2) is 30.3 Å². The van der Waals surface area contributed by atoms with E-state index in [2.05, 4.69) is 43.0 Å². The van der Waals surface area contributed by atoms with Crippen molar-refractivity contribution >= 4 is 12.4 Å². The molecule has 0 aliphatic rings. The Hall–Kier alpha value is -0.610. The van der Waals surface area contributed by atoms with E-state index in [1.165, 1.54) is 5.56 Å². The molecule has 2 N–H and O–H groups in total. The molecule has 0 atom stereocenters. The van der Waals surface area contributed by atoms with Gasteiger partial charge in [0.2, 0.25) is 0 Å². The maximum absolute atomic E-state index is 5.70. The fraction of sp³-hybridized carbons (Fsp3) is 0.600. The molecule has 3 nitrogen and oxygen atoms in total. The van der Waals surface area contributed by atoms with E-state index in [9.17, 15) is 0 Å². The Labute approximate surface area is 123 Å². The first-order chi connectivity index (χ1) is 8.57. The summed E-state index contributed by atoms with van der Waals surface area (Å²) in [7, 11) is 1.76. The van der Waals surface area contributed by atoms with E-state index in [1.807, 2.05) is 6.07 Å². The smallest absolute Gasteiger partial charge is 0.0525 e. The molecule has 0 saturated carbocycles. The molecule has 0 spiro atoms. The Morgan fingerprint density at radius 2 is 1.84 bits per heavy atom. The summed E-state index contributed by atoms with van der Waals surface area (Å²) in [5, 5.41) is 0. The molecule has 0 amide bonds. The first kappa shape index (κ1) is 18.4. The van der Waals surface area contributed by atoms with Crippen LogP contribution in [0.4, 0.5) is 0 Å². The maximum Gasteiger partial charge on any atom is 0.0525 e. The number of hydrogen-bond donors (Lipinski definition) is 1. The lowest BCUT2D eigenvalue weighted by molar-refractivity contribution is 0.0681. The monoisotopic (exact) mass is 286 g/mol. The minimum Gasteiger partial charge on any atom is -0.384 e. The molecule has 110 valence electrons. The number of nitrogens with two attached hydrogens (primary N) is 1. The summed E-state index contributed by atoms with van der Waals surface area (Å²) in [6.45, 7) is 8.77. The third kappa shape index (κ3) is 7.53. The van der Waals surface area contributed by atoms with Gasteiger partial charge in [-0.25, -0.2) is 0 Å². The molecule has 0 aliphatic carbocycles. The number of rotatable bonds is 8. The van der Waals surface area contributed by atoms with Gasteiger partial charge in [0.1, 0.15) is 0 Å². The second-order valence-electron chi connectivity index (χ2n) is 5.58. The van der Waals surface area contributed by atoms with Gasteiger partial charge in [0.05, 0.1) is 6.61 Å². The highest BCUT2D eigenvalue weighted by Crippen LogP contribution is 2.18. The first-order valence-corrected chi connectivity index (χ1v) is 6.53. The third-order valence-electron chi connectivity index (χ3n) is 2.88. The predicted molar refractivity (Wildman–Crippen MR) is 83.7 cm³/mol. The molecule has 0 unspecified atom stereocenters. The van der Waals surface area contributed by atoms with Gasteiger partial charge in [0, 0.05) is 38.7 Å². The zero-order valence-corrected chi connectivity index (χ0v) is 13.1. The van der Waals surface area contributed by atoms with Crippen molar-refractivity contribution in [2.75, 3.05) is 33.4 Å². The number of benzene rings is 1. The molecule has 0 saturated heterocycles. The Morgan fingerprint density at radius 3 is 2.37 bits per heavy atom. The highest BCUT2D eigenvalue weighted by molar-refractivity contribution is 5.85. The number of methoxy groups -OCH3 is 1. The van der Waals surface area contributed by atoms with Crippen LogP contribution in [-0.4, -0.2) is 38.3 Å². The Bertz CT molecular complexity index is 330. The normalized spacial score (nSPS) is 11.4. The molecule has 0 aromatic heterocycles. The molecule has 0 heterocycles. The van der Waals surface area contributed by atoms with Crippen LogP contribution in [0.25, 0.3) is 0 Å². The fourth-order valence-corrected chi connectivity index (χ4v) is 2.28. The molecule has 4 heteroatoms. The molecule has 19 heavy (non-hydrogen) atoms. The van der Waals surface area contributed by atoms with E-state index < -0.39 is 0 Å². The van der Waals surface area contributed by atoms with Gasteiger partial charge in [0.15, 0.2) is 0 Å². The topological polar surface area (TPSA) is 38.5 Å². The molecule has 0 aliphatic heterocycles. The summed E-state index contributed by atoms with van der Waals surface area (Å²) in [5.41, 5.74) is 7.19. The highest BCUT2D eigenvalue weighted by atomic mass is 35.5. The fourth-order valence-electron chi connectivity index (χ4n) is 2.28. The van der Waals surface area contributed by atoms with Gasteiger partial charge in [-0.2, -0.15) is 0 Å². The Kier molecular flexibility index (Phi) is 9.02. The predicted octanol–water partition coefficient (Wildman–Crippen LogP) is 2.54. The van der Waals surface area contributed by atoms with Crippen molar-refractivity contribution in [3.63, 3.8) is 0 Å². The third-order valence-corrected chi connectivity index (χ3v) is 2.88.